The molecule has 3 fully saturated rings. The van der Waals surface area contributed by atoms with Crippen molar-refractivity contribution in [2.24, 2.45) is 28.6 Å². The van der Waals surface area contributed by atoms with Crippen LogP contribution in [0, 0.1) is 28.6 Å². The van der Waals surface area contributed by atoms with E-state index in [1.807, 2.05) is 0 Å². The molecule has 0 spiro atoms. The molecule has 2 aromatic carbocycles. The predicted molar refractivity (Wildman–Crippen MR) is 124 cm³/mol. The molecule has 0 heterocycles. The van der Waals surface area contributed by atoms with Gasteiger partial charge in [-0.25, -0.2) is 0 Å². The zero-order valence-electron chi connectivity index (χ0n) is 18.6. The van der Waals surface area contributed by atoms with Gasteiger partial charge in [-0.05, 0) is 102 Å². The Bertz CT molecular complexity index is 1000. The van der Waals surface area contributed by atoms with Gasteiger partial charge in [0.15, 0.2) is 0 Å². The van der Waals surface area contributed by atoms with Crippen molar-refractivity contribution in [3.63, 3.8) is 0 Å². The van der Waals surface area contributed by atoms with E-state index in [0.717, 1.165) is 30.6 Å². The Kier molecular flexibility index (Phi) is 4.27. The van der Waals surface area contributed by atoms with E-state index in [2.05, 4.69) is 62.4 Å². The monoisotopic (exact) mass is 400 g/mol. The normalized spacial score (nSPS) is 42.9. The lowest BCUT2D eigenvalue weighted by Crippen LogP contribution is -2.50. The van der Waals surface area contributed by atoms with Gasteiger partial charge in [-0.3, -0.25) is 0 Å². The first-order valence-electron chi connectivity index (χ1n) is 12.4. The first-order chi connectivity index (χ1) is 14.5. The van der Waals surface area contributed by atoms with Crippen molar-refractivity contribution >= 4 is 10.8 Å². The summed E-state index contributed by atoms with van der Waals surface area (Å²) in [5.74, 6) is 3.24. The number of benzene rings is 2. The molecule has 6 rings (SSSR count). The van der Waals surface area contributed by atoms with Crippen LogP contribution >= 0.6 is 0 Å². The molecule has 1 nitrogen and oxygen atoms in total. The van der Waals surface area contributed by atoms with Crippen LogP contribution in [0.3, 0.4) is 0 Å². The summed E-state index contributed by atoms with van der Waals surface area (Å²) in [7, 11) is 0. The van der Waals surface area contributed by atoms with Crippen LogP contribution in [0.4, 0.5) is 0 Å². The minimum absolute atomic E-state index is 0.0986. The van der Waals surface area contributed by atoms with Gasteiger partial charge in [0.05, 0.1) is 6.10 Å². The van der Waals surface area contributed by atoms with Crippen LogP contribution in [0.25, 0.3) is 10.8 Å². The lowest BCUT2D eigenvalue weighted by Gasteiger charge is -2.58. The van der Waals surface area contributed by atoms with Crippen molar-refractivity contribution < 1.29 is 5.11 Å². The Morgan fingerprint density at radius 3 is 2.57 bits per heavy atom. The molecule has 7 atom stereocenters. The summed E-state index contributed by atoms with van der Waals surface area (Å²) in [5, 5.41) is 13.0. The highest BCUT2D eigenvalue weighted by atomic mass is 16.3. The Morgan fingerprint density at radius 2 is 1.70 bits per heavy atom. The predicted octanol–water partition coefficient (Wildman–Crippen LogP) is 7.25. The maximum atomic E-state index is 10.2. The molecule has 4 aliphatic rings. The molecule has 0 saturated heterocycles. The fourth-order valence-corrected chi connectivity index (χ4v) is 8.61. The summed E-state index contributed by atoms with van der Waals surface area (Å²) < 4.78 is 0. The molecule has 158 valence electrons. The summed E-state index contributed by atoms with van der Waals surface area (Å²) in [5.41, 5.74) is 3.97. The molecule has 0 aromatic heterocycles. The SMILES string of the molecule is C[C@]12CC[C@H]3[C@@H](CC=C4C[C@H](O)CC[C@@]43C)[C@@H]1CC[C@@H]2c1ccc2ccccc2c1. The van der Waals surface area contributed by atoms with Gasteiger partial charge in [-0.2, -0.15) is 0 Å². The Hall–Kier alpha value is -1.60. The van der Waals surface area contributed by atoms with Crippen LogP contribution < -0.4 is 0 Å². The van der Waals surface area contributed by atoms with E-state index in [0.29, 0.717) is 16.7 Å². The van der Waals surface area contributed by atoms with Crippen LogP contribution in [0.15, 0.2) is 54.1 Å². The van der Waals surface area contributed by atoms with Crippen molar-refractivity contribution in [2.75, 3.05) is 0 Å². The van der Waals surface area contributed by atoms with Crippen LogP contribution in [0.1, 0.15) is 76.7 Å². The van der Waals surface area contributed by atoms with Crippen LogP contribution in [0.2, 0.25) is 0 Å². The van der Waals surface area contributed by atoms with Crippen molar-refractivity contribution in [1.82, 2.24) is 0 Å². The van der Waals surface area contributed by atoms with Crippen molar-refractivity contribution in [2.45, 2.75) is 77.2 Å². The van der Waals surface area contributed by atoms with E-state index in [-0.39, 0.29) is 6.10 Å². The zero-order chi connectivity index (χ0) is 20.5. The Morgan fingerprint density at radius 1 is 0.867 bits per heavy atom. The maximum absolute atomic E-state index is 10.2. The number of aliphatic hydroxyl groups is 1. The average Bonchev–Trinajstić information content (AvgIpc) is 3.11. The van der Waals surface area contributed by atoms with Gasteiger partial charge in [0.2, 0.25) is 0 Å². The molecule has 2 aromatic rings. The smallest absolute Gasteiger partial charge is 0.0577 e. The van der Waals surface area contributed by atoms with E-state index in [9.17, 15) is 5.11 Å². The standard InChI is InChI=1S/C29H36O/c1-28-15-13-23(30)18-22(28)9-10-24-26-12-11-25(29(26,2)16-14-27(24)28)21-8-7-19-5-3-4-6-20(19)17-21/h3-9,17,23-27,30H,10-16,18H2,1-2H3/t23-,24+,25-,26+,27+,28+,29-/m1/s1. The largest absolute Gasteiger partial charge is 0.393 e. The highest BCUT2D eigenvalue weighted by Gasteiger charge is 2.58. The van der Waals surface area contributed by atoms with E-state index < -0.39 is 0 Å². The lowest BCUT2D eigenvalue weighted by atomic mass is 9.47. The topological polar surface area (TPSA) is 20.2 Å². The molecule has 30 heavy (non-hydrogen) atoms. The first-order valence-corrected chi connectivity index (χ1v) is 12.4. The number of hydrogen-bond acceptors (Lipinski definition) is 1. The van der Waals surface area contributed by atoms with Crippen molar-refractivity contribution in [3.05, 3.63) is 59.7 Å². The fourth-order valence-electron chi connectivity index (χ4n) is 8.61. The van der Waals surface area contributed by atoms with Gasteiger partial charge >= 0.3 is 0 Å². The fraction of sp³-hybridized carbons (Fsp3) is 0.586. The van der Waals surface area contributed by atoms with Crippen molar-refractivity contribution in [1.29, 1.82) is 0 Å². The number of fused-ring (bicyclic) bond motifs is 6. The average molecular weight is 401 g/mol. The maximum Gasteiger partial charge on any atom is 0.0577 e. The molecule has 0 amide bonds. The number of rotatable bonds is 1. The zero-order valence-corrected chi connectivity index (χ0v) is 18.6. The van der Waals surface area contributed by atoms with Crippen LogP contribution in [-0.2, 0) is 0 Å². The van der Waals surface area contributed by atoms with E-state index >= 15 is 0 Å². The molecule has 1 heteroatoms. The molecule has 3 saturated carbocycles. The molecule has 0 bridgehead atoms. The van der Waals surface area contributed by atoms with Crippen LogP contribution in [-0.4, -0.2) is 11.2 Å². The Labute approximate surface area is 181 Å². The second-order valence-electron chi connectivity index (χ2n) is 11.4. The second-order valence-corrected chi connectivity index (χ2v) is 11.4. The molecule has 4 aliphatic carbocycles. The third kappa shape index (κ3) is 2.63. The second kappa shape index (κ2) is 6.70. The molecule has 1 N–H and O–H groups in total. The summed E-state index contributed by atoms with van der Waals surface area (Å²) in [6.07, 6.45) is 12.4. The Balaban J connectivity index is 1.33. The molecule has 0 aliphatic heterocycles. The summed E-state index contributed by atoms with van der Waals surface area (Å²) in [6.45, 7) is 5.17. The molecular formula is C29H36O. The van der Waals surface area contributed by atoms with Gasteiger partial charge in [-0.15, -0.1) is 0 Å². The lowest BCUT2D eigenvalue weighted by molar-refractivity contribution is -0.0409. The van der Waals surface area contributed by atoms with E-state index in [1.165, 1.54) is 49.3 Å². The minimum atomic E-state index is -0.0986. The number of aliphatic hydroxyl groups excluding tert-OH is 1. The summed E-state index contributed by atoms with van der Waals surface area (Å²) in [4.78, 5) is 0. The molecule has 0 unspecified atom stereocenters. The van der Waals surface area contributed by atoms with E-state index in [4.69, 9.17) is 0 Å². The minimum Gasteiger partial charge on any atom is -0.393 e. The van der Waals surface area contributed by atoms with E-state index in [1.54, 1.807) is 11.1 Å². The van der Waals surface area contributed by atoms with Crippen LogP contribution in [0.5, 0.6) is 0 Å². The first kappa shape index (κ1) is 19.1. The van der Waals surface area contributed by atoms with Gasteiger partial charge in [0.25, 0.3) is 0 Å². The van der Waals surface area contributed by atoms with Gasteiger partial charge in [0.1, 0.15) is 0 Å². The third-order valence-electron chi connectivity index (χ3n) is 10.3. The number of hydrogen-bond donors (Lipinski definition) is 1. The summed E-state index contributed by atoms with van der Waals surface area (Å²) >= 11 is 0. The quantitative estimate of drug-likeness (QED) is 0.500. The van der Waals surface area contributed by atoms with Gasteiger partial charge in [0, 0.05) is 0 Å². The highest BCUT2D eigenvalue weighted by molar-refractivity contribution is 5.83. The van der Waals surface area contributed by atoms with Gasteiger partial charge in [-0.1, -0.05) is 68.0 Å². The number of allylic oxidation sites excluding steroid dienone is 1. The molecule has 0 radical (unpaired) electrons. The van der Waals surface area contributed by atoms with Crippen molar-refractivity contribution in [3.8, 4) is 0 Å². The summed E-state index contributed by atoms with van der Waals surface area (Å²) in [6, 6.07) is 16.1. The third-order valence-corrected chi connectivity index (χ3v) is 10.3. The highest BCUT2D eigenvalue weighted by Crippen LogP contribution is 2.68. The molecular weight excluding hydrogens is 364 g/mol. The van der Waals surface area contributed by atoms with Gasteiger partial charge < -0.3 is 5.11 Å².